The van der Waals surface area contributed by atoms with Gasteiger partial charge in [0.05, 0.1) is 13.2 Å². The first-order valence-corrected chi connectivity index (χ1v) is 8.72. The second kappa shape index (κ2) is 8.07. The van der Waals surface area contributed by atoms with Crippen molar-refractivity contribution in [1.29, 1.82) is 0 Å². The number of phenolic OH excluding ortho intramolecular Hbond substituents is 1. The highest BCUT2D eigenvalue weighted by Gasteiger charge is 2.20. The number of rotatable bonds is 7. The Kier molecular flexibility index (Phi) is 5.59. The maximum atomic E-state index is 9.44. The molecule has 3 aromatic carbocycles. The molecular formula is C23H24O3. The van der Waals surface area contributed by atoms with Gasteiger partial charge >= 0.3 is 0 Å². The van der Waals surface area contributed by atoms with E-state index in [1.165, 1.54) is 0 Å². The Bertz CT molecular complexity index is 824. The highest BCUT2D eigenvalue weighted by Crippen LogP contribution is 2.26. The number of hydrogen-bond donors (Lipinski definition) is 1. The van der Waals surface area contributed by atoms with Gasteiger partial charge in [-0.1, -0.05) is 56.3 Å². The smallest absolute Gasteiger partial charge is 0.127 e. The molecule has 0 atom stereocenters. The zero-order chi connectivity index (χ0) is 18.4. The molecule has 26 heavy (non-hydrogen) atoms. The highest BCUT2D eigenvalue weighted by atomic mass is 16.5. The number of hydrogen-bond acceptors (Lipinski definition) is 3. The molecule has 0 heterocycles. The molecule has 0 aromatic heterocycles. The van der Waals surface area contributed by atoms with E-state index in [4.69, 9.17) is 9.47 Å². The molecule has 0 radical (unpaired) electrons. The fourth-order valence-corrected chi connectivity index (χ4v) is 2.74. The van der Waals surface area contributed by atoms with Crippen molar-refractivity contribution >= 4 is 0 Å². The SMILES string of the molecule is CC(C)(COCc1cccc(Oc2ccccc2)c1)c1ccc(O)cc1. The van der Waals surface area contributed by atoms with Crippen molar-refractivity contribution < 1.29 is 14.6 Å². The van der Waals surface area contributed by atoms with Crippen LogP contribution in [0.5, 0.6) is 17.2 Å². The molecule has 3 rings (SSSR count). The predicted molar refractivity (Wildman–Crippen MR) is 104 cm³/mol. The highest BCUT2D eigenvalue weighted by molar-refractivity contribution is 5.34. The quantitative estimate of drug-likeness (QED) is 0.597. The van der Waals surface area contributed by atoms with E-state index in [-0.39, 0.29) is 11.2 Å². The van der Waals surface area contributed by atoms with Gasteiger partial charge in [-0.2, -0.15) is 0 Å². The van der Waals surface area contributed by atoms with Crippen LogP contribution in [0.2, 0.25) is 0 Å². The van der Waals surface area contributed by atoms with E-state index in [0.29, 0.717) is 13.2 Å². The molecule has 0 spiro atoms. The molecular weight excluding hydrogens is 324 g/mol. The fraction of sp³-hybridized carbons (Fsp3) is 0.217. The molecule has 0 aliphatic heterocycles. The van der Waals surface area contributed by atoms with Crippen LogP contribution in [0.4, 0.5) is 0 Å². The van der Waals surface area contributed by atoms with Crippen LogP contribution in [0.25, 0.3) is 0 Å². The summed E-state index contributed by atoms with van der Waals surface area (Å²) in [5.74, 6) is 1.90. The molecule has 0 aliphatic rings. The first-order valence-electron chi connectivity index (χ1n) is 8.72. The Balaban J connectivity index is 1.58. The standard InChI is InChI=1S/C23H24O3/c1-23(2,19-11-13-20(24)14-12-19)17-25-16-18-7-6-10-22(15-18)26-21-8-4-3-5-9-21/h3-15,24H,16-17H2,1-2H3. The van der Waals surface area contributed by atoms with Gasteiger partial charge in [0, 0.05) is 5.41 Å². The zero-order valence-corrected chi connectivity index (χ0v) is 15.2. The Morgan fingerprint density at radius 2 is 1.50 bits per heavy atom. The van der Waals surface area contributed by atoms with Gasteiger partial charge in [0.25, 0.3) is 0 Å². The van der Waals surface area contributed by atoms with Crippen LogP contribution in [-0.4, -0.2) is 11.7 Å². The van der Waals surface area contributed by atoms with E-state index in [1.807, 2.05) is 66.7 Å². The Morgan fingerprint density at radius 1 is 0.808 bits per heavy atom. The van der Waals surface area contributed by atoms with Gasteiger partial charge in [0.2, 0.25) is 0 Å². The molecule has 1 N–H and O–H groups in total. The molecule has 0 unspecified atom stereocenters. The van der Waals surface area contributed by atoms with E-state index in [1.54, 1.807) is 12.1 Å². The monoisotopic (exact) mass is 348 g/mol. The van der Waals surface area contributed by atoms with Gasteiger partial charge in [0.15, 0.2) is 0 Å². The number of ether oxygens (including phenoxy) is 2. The third kappa shape index (κ3) is 4.87. The van der Waals surface area contributed by atoms with Crippen molar-refractivity contribution in [3.63, 3.8) is 0 Å². The van der Waals surface area contributed by atoms with Gasteiger partial charge in [-0.05, 0) is 47.5 Å². The minimum absolute atomic E-state index is 0.133. The summed E-state index contributed by atoms with van der Waals surface area (Å²) >= 11 is 0. The van der Waals surface area contributed by atoms with Gasteiger partial charge < -0.3 is 14.6 Å². The summed E-state index contributed by atoms with van der Waals surface area (Å²) in [7, 11) is 0. The summed E-state index contributed by atoms with van der Waals surface area (Å²) in [6.45, 7) is 5.37. The van der Waals surface area contributed by atoms with Crippen LogP contribution in [0.15, 0.2) is 78.9 Å². The van der Waals surface area contributed by atoms with E-state index in [0.717, 1.165) is 22.6 Å². The Hall–Kier alpha value is -2.78. The maximum Gasteiger partial charge on any atom is 0.127 e. The van der Waals surface area contributed by atoms with Crippen LogP contribution in [0.3, 0.4) is 0 Å². The molecule has 0 aliphatic carbocycles. The van der Waals surface area contributed by atoms with E-state index in [2.05, 4.69) is 13.8 Å². The van der Waals surface area contributed by atoms with Gasteiger partial charge in [-0.15, -0.1) is 0 Å². The maximum absolute atomic E-state index is 9.44. The van der Waals surface area contributed by atoms with Crippen LogP contribution in [0, 0.1) is 0 Å². The number of phenols is 1. The second-order valence-corrected chi connectivity index (χ2v) is 6.99. The largest absolute Gasteiger partial charge is 0.508 e. The van der Waals surface area contributed by atoms with E-state index in [9.17, 15) is 5.11 Å². The lowest BCUT2D eigenvalue weighted by Crippen LogP contribution is -2.24. The summed E-state index contributed by atoms with van der Waals surface area (Å²) in [6.07, 6.45) is 0. The van der Waals surface area contributed by atoms with Crippen molar-refractivity contribution in [1.82, 2.24) is 0 Å². The first-order chi connectivity index (χ1) is 12.5. The normalized spacial score (nSPS) is 11.3. The molecule has 0 amide bonds. The molecule has 3 aromatic rings. The number of benzene rings is 3. The Labute approximate surface area is 154 Å². The predicted octanol–water partition coefficient (Wildman–Crippen LogP) is 5.68. The zero-order valence-electron chi connectivity index (χ0n) is 15.2. The summed E-state index contributed by atoms with van der Waals surface area (Å²) in [4.78, 5) is 0. The van der Waals surface area contributed by atoms with Gasteiger partial charge in [0.1, 0.15) is 17.2 Å². The molecule has 3 heteroatoms. The first kappa shape index (κ1) is 18.0. The number of aromatic hydroxyl groups is 1. The third-order valence-electron chi connectivity index (χ3n) is 4.26. The molecule has 0 fully saturated rings. The van der Waals surface area contributed by atoms with E-state index < -0.39 is 0 Å². The summed E-state index contributed by atoms with van der Waals surface area (Å²) in [6, 6.07) is 25.0. The third-order valence-corrected chi connectivity index (χ3v) is 4.26. The summed E-state index contributed by atoms with van der Waals surface area (Å²) in [5.41, 5.74) is 2.07. The minimum Gasteiger partial charge on any atom is -0.508 e. The van der Waals surface area contributed by atoms with Crippen LogP contribution >= 0.6 is 0 Å². The van der Waals surface area contributed by atoms with Crippen molar-refractivity contribution in [2.24, 2.45) is 0 Å². The van der Waals surface area contributed by atoms with Crippen LogP contribution in [0.1, 0.15) is 25.0 Å². The topological polar surface area (TPSA) is 38.7 Å². The van der Waals surface area contributed by atoms with Crippen molar-refractivity contribution in [3.05, 3.63) is 90.0 Å². The average molecular weight is 348 g/mol. The second-order valence-electron chi connectivity index (χ2n) is 6.99. The molecule has 0 bridgehead atoms. The molecule has 0 saturated carbocycles. The lowest BCUT2D eigenvalue weighted by atomic mass is 9.85. The number of para-hydroxylation sites is 1. The van der Waals surface area contributed by atoms with Crippen molar-refractivity contribution in [3.8, 4) is 17.2 Å². The lowest BCUT2D eigenvalue weighted by Gasteiger charge is -2.25. The van der Waals surface area contributed by atoms with Gasteiger partial charge in [-0.3, -0.25) is 0 Å². The fourth-order valence-electron chi connectivity index (χ4n) is 2.74. The average Bonchev–Trinajstić information content (AvgIpc) is 2.63. The van der Waals surface area contributed by atoms with Gasteiger partial charge in [-0.25, -0.2) is 0 Å². The molecule has 0 saturated heterocycles. The molecule has 134 valence electrons. The summed E-state index contributed by atoms with van der Waals surface area (Å²) in [5, 5.41) is 9.44. The van der Waals surface area contributed by atoms with Crippen LogP contribution < -0.4 is 4.74 Å². The van der Waals surface area contributed by atoms with E-state index >= 15 is 0 Å². The lowest BCUT2D eigenvalue weighted by molar-refractivity contribution is 0.0824. The van der Waals surface area contributed by atoms with Crippen molar-refractivity contribution in [2.45, 2.75) is 25.9 Å². The Morgan fingerprint density at radius 3 is 2.23 bits per heavy atom. The molecule has 3 nitrogen and oxygen atoms in total. The van der Waals surface area contributed by atoms with Crippen LogP contribution in [-0.2, 0) is 16.8 Å². The van der Waals surface area contributed by atoms with Crippen molar-refractivity contribution in [2.75, 3.05) is 6.61 Å². The summed E-state index contributed by atoms with van der Waals surface area (Å²) < 4.78 is 11.8. The minimum atomic E-state index is -0.133.